The van der Waals surface area contributed by atoms with Gasteiger partial charge in [-0.1, -0.05) is 66.7 Å². The quantitative estimate of drug-likeness (QED) is 0.300. The highest BCUT2D eigenvalue weighted by atomic mass is 32.3. The fourth-order valence-electron chi connectivity index (χ4n) is 3.45. The van der Waals surface area contributed by atoms with Gasteiger partial charge in [-0.2, -0.15) is 0 Å². The minimum absolute atomic E-state index is 0.00812. The Labute approximate surface area is 221 Å². The lowest BCUT2D eigenvalue weighted by molar-refractivity contribution is 0.573. The monoisotopic (exact) mass is 592 g/mol. The summed E-state index contributed by atoms with van der Waals surface area (Å²) in [6.45, 7) is 0. The number of hydrogen-bond acceptors (Lipinski definition) is 8. The van der Waals surface area contributed by atoms with Crippen molar-refractivity contribution in [3.05, 3.63) is 109 Å². The molecule has 38 heavy (non-hydrogen) atoms. The molecule has 14 heteroatoms. The number of sulfonamides is 4. The van der Waals surface area contributed by atoms with E-state index in [1.807, 2.05) is 0 Å². The summed E-state index contributed by atoms with van der Waals surface area (Å²) in [4.78, 5) is -1.41. The third-order valence-electron chi connectivity index (χ3n) is 5.18. The molecule has 0 amide bonds. The molecule has 0 saturated heterocycles. The summed E-state index contributed by atoms with van der Waals surface area (Å²) in [7, 11) is -18.2. The lowest BCUT2D eigenvalue weighted by atomic mass is 10.1. The van der Waals surface area contributed by atoms with Gasteiger partial charge in [0.15, 0.2) is 0 Å². The van der Waals surface area contributed by atoms with Crippen LogP contribution in [-0.4, -0.2) is 33.7 Å². The normalized spacial score (nSPS) is 12.7. The molecule has 0 bridgehead atoms. The molecule has 0 radical (unpaired) electrons. The topological polar surface area (TPSA) is 161 Å². The minimum atomic E-state index is -4.66. The Morgan fingerprint density at radius 3 is 1.37 bits per heavy atom. The average molecular weight is 593 g/mol. The standard InChI is InChI=1S/C24H20N2O8S4/c27-35(28,20-11-3-1-4-12-20)25-37(31,32)22-15-9-10-19(18-22)23-16-7-8-17-24(23)38(33,34)26-36(29,30)21-13-5-2-6-14-21/h1-18,25-26H. The van der Waals surface area contributed by atoms with Gasteiger partial charge >= 0.3 is 0 Å². The molecule has 0 aromatic heterocycles. The Morgan fingerprint density at radius 1 is 0.395 bits per heavy atom. The molecule has 4 aromatic rings. The summed E-state index contributed by atoms with van der Waals surface area (Å²) >= 11 is 0. The Bertz CT molecular complexity index is 1910. The van der Waals surface area contributed by atoms with Gasteiger partial charge in [0.05, 0.1) is 19.6 Å². The van der Waals surface area contributed by atoms with E-state index < -0.39 is 49.9 Å². The Balaban J connectivity index is 1.72. The van der Waals surface area contributed by atoms with Crippen molar-refractivity contribution in [2.45, 2.75) is 19.6 Å². The Hall–Kier alpha value is -3.40. The summed E-state index contributed by atoms with van der Waals surface area (Å²) in [5.41, 5.74) is 0.0781. The van der Waals surface area contributed by atoms with Crippen LogP contribution in [0.1, 0.15) is 0 Å². The van der Waals surface area contributed by atoms with Crippen LogP contribution in [0, 0.1) is 0 Å². The van der Waals surface area contributed by atoms with Crippen molar-refractivity contribution in [3.63, 3.8) is 0 Å². The van der Waals surface area contributed by atoms with Gasteiger partial charge in [-0.15, -0.1) is 8.25 Å². The van der Waals surface area contributed by atoms with Crippen molar-refractivity contribution >= 4 is 40.1 Å². The second kappa shape index (κ2) is 10.4. The maximum Gasteiger partial charge on any atom is 0.254 e. The molecule has 10 nitrogen and oxygen atoms in total. The van der Waals surface area contributed by atoms with E-state index in [9.17, 15) is 33.7 Å². The molecule has 0 aliphatic heterocycles. The van der Waals surface area contributed by atoms with E-state index in [0.29, 0.717) is 0 Å². The molecule has 4 aromatic carbocycles. The van der Waals surface area contributed by atoms with Crippen molar-refractivity contribution < 1.29 is 33.7 Å². The first-order valence-corrected chi connectivity index (χ1v) is 16.6. The van der Waals surface area contributed by atoms with E-state index in [0.717, 1.165) is 18.2 Å². The average Bonchev–Trinajstić information content (AvgIpc) is 2.89. The summed E-state index contributed by atoms with van der Waals surface area (Å²) < 4.78 is 106. The van der Waals surface area contributed by atoms with Crippen LogP contribution in [-0.2, 0) is 40.1 Å². The second-order valence-corrected chi connectivity index (χ2v) is 15.0. The van der Waals surface area contributed by atoms with Crippen LogP contribution in [0.15, 0.2) is 129 Å². The first-order chi connectivity index (χ1) is 17.8. The number of benzene rings is 4. The summed E-state index contributed by atoms with van der Waals surface area (Å²) in [5, 5.41) is 0. The van der Waals surface area contributed by atoms with Gasteiger partial charge in [-0.05, 0) is 48.0 Å². The van der Waals surface area contributed by atoms with Crippen LogP contribution in [0.2, 0.25) is 0 Å². The van der Waals surface area contributed by atoms with Gasteiger partial charge in [0.2, 0.25) is 0 Å². The molecule has 0 saturated carbocycles. The molecule has 0 fully saturated rings. The molecule has 0 unspecified atom stereocenters. The van der Waals surface area contributed by atoms with Crippen LogP contribution >= 0.6 is 0 Å². The van der Waals surface area contributed by atoms with Gasteiger partial charge in [-0.25, -0.2) is 33.7 Å². The summed E-state index contributed by atoms with van der Waals surface area (Å²) in [6, 6.07) is 24.1. The van der Waals surface area contributed by atoms with Crippen molar-refractivity contribution in [2.24, 2.45) is 0 Å². The number of hydrogen-bond donors (Lipinski definition) is 2. The van der Waals surface area contributed by atoms with Gasteiger partial charge in [0, 0.05) is 5.56 Å². The first-order valence-electron chi connectivity index (χ1n) is 10.7. The SMILES string of the molecule is O=S(=O)(NS(=O)(=O)c1cccc(-c2ccccc2S(=O)(=O)NS(=O)(=O)c2ccccc2)c1)c1ccccc1. The largest absolute Gasteiger partial charge is 0.254 e. The summed E-state index contributed by atoms with van der Waals surface area (Å²) in [6.07, 6.45) is 0. The van der Waals surface area contributed by atoms with Crippen LogP contribution < -0.4 is 8.25 Å². The van der Waals surface area contributed by atoms with Crippen molar-refractivity contribution in [2.75, 3.05) is 0 Å². The molecule has 0 atom stereocenters. The third-order valence-corrected chi connectivity index (χ3v) is 12.3. The lowest BCUT2D eigenvalue weighted by Crippen LogP contribution is -2.31. The van der Waals surface area contributed by atoms with E-state index in [1.165, 1.54) is 78.9 Å². The molecule has 4 rings (SSSR count). The maximum absolute atomic E-state index is 13.1. The second-order valence-electron chi connectivity index (χ2n) is 7.83. The van der Waals surface area contributed by atoms with Crippen LogP contribution in [0.25, 0.3) is 11.1 Å². The highest BCUT2D eigenvalue weighted by molar-refractivity contribution is 8.05. The van der Waals surface area contributed by atoms with Gasteiger partial charge in [0.1, 0.15) is 0 Å². The summed E-state index contributed by atoms with van der Waals surface area (Å²) in [5.74, 6) is 0. The maximum atomic E-state index is 13.1. The predicted octanol–water partition coefficient (Wildman–Crippen LogP) is 2.69. The van der Waals surface area contributed by atoms with E-state index in [4.69, 9.17) is 0 Å². The molecule has 198 valence electrons. The minimum Gasteiger partial charge on any atom is -0.206 e. The number of rotatable bonds is 9. The Morgan fingerprint density at radius 2 is 0.816 bits per heavy atom. The predicted molar refractivity (Wildman–Crippen MR) is 140 cm³/mol. The van der Waals surface area contributed by atoms with Crippen LogP contribution in [0.5, 0.6) is 0 Å². The molecule has 0 spiro atoms. The van der Waals surface area contributed by atoms with E-state index in [1.54, 1.807) is 20.4 Å². The highest BCUT2D eigenvalue weighted by Gasteiger charge is 2.28. The first kappa shape index (κ1) is 27.6. The van der Waals surface area contributed by atoms with Crippen molar-refractivity contribution in [1.29, 1.82) is 0 Å². The zero-order valence-electron chi connectivity index (χ0n) is 19.3. The fourth-order valence-corrected chi connectivity index (χ4v) is 9.58. The molecule has 0 heterocycles. The molecule has 2 N–H and O–H groups in total. The smallest absolute Gasteiger partial charge is 0.206 e. The van der Waals surface area contributed by atoms with Crippen LogP contribution in [0.4, 0.5) is 0 Å². The van der Waals surface area contributed by atoms with Gasteiger partial charge in [-0.3, -0.25) is 0 Å². The van der Waals surface area contributed by atoms with Gasteiger partial charge < -0.3 is 0 Å². The lowest BCUT2D eigenvalue weighted by Gasteiger charge is -2.13. The molecular formula is C24H20N2O8S4. The third kappa shape index (κ3) is 6.01. The van der Waals surface area contributed by atoms with E-state index in [2.05, 4.69) is 0 Å². The van der Waals surface area contributed by atoms with E-state index in [-0.39, 0.29) is 20.9 Å². The van der Waals surface area contributed by atoms with Crippen molar-refractivity contribution in [1.82, 2.24) is 8.25 Å². The highest BCUT2D eigenvalue weighted by Crippen LogP contribution is 2.30. The fraction of sp³-hybridized carbons (Fsp3) is 0. The molecule has 0 aliphatic carbocycles. The zero-order chi connectivity index (χ0) is 27.6. The van der Waals surface area contributed by atoms with E-state index >= 15 is 0 Å². The van der Waals surface area contributed by atoms with Crippen LogP contribution in [0.3, 0.4) is 0 Å². The van der Waals surface area contributed by atoms with Crippen molar-refractivity contribution in [3.8, 4) is 11.1 Å². The number of nitrogens with one attached hydrogen (secondary N) is 2. The zero-order valence-corrected chi connectivity index (χ0v) is 22.6. The van der Waals surface area contributed by atoms with Gasteiger partial charge in [0.25, 0.3) is 40.1 Å². The Kier molecular flexibility index (Phi) is 7.56. The molecular weight excluding hydrogens is 573 g/mol. The molecule has 0 aliphatic rings.